The average Bonchev–Trinajstić information content (AvgIpc) is 3.09. The van der Waals surface area contributed by atoms with Gasteiger partial charge < -0.3 is 10.6 Å². The first kappa shape index (κ1) is 15.7. The highest BCUT2D eigenvalue weighted by molar-refractivity contribution is 7.09. The van der Waals surface area contributed by atoms with Crippen molar-refractivity contribution in [1.82, 2.24) is 9.80 Å². The van der Waals surface area contributed by atoms with Crippen molar-refractivity contribution in [2.24, 2.45) is 11.7 Å². The Bertz CT molecular complexity index is 501. The average molecular weight is 307 g/mol. The van der Waals surface area contributed by atoms with Crippen LogP contribution in [-0.2, 0) is 16.1 Å². The van der Waals surface area contributed by atoms with Gasteiger partial charge in [-0.15, -0.1) is 17.9 Å². The molecule has 1 aromatic heterocycles. The Morgan fingerprint density at radius 3 is 2.95 bits per heavy atom. The van der Waals surface area contributed by atoms with Crippen LogP contribution in [0.25, 0.3) is 0 Å². The highest BCUT2D eigenvalue weighted by Crippen LogP contribution is 2.17. The van der Waals surface area contributed by atoms with Gasteiger partial charge in [-0.25, -0.2) is 0 Å². The second-order valence-electron chi connectivity index (χ2n) is 5.27. The maximum Gasteiger partial charge on any atom is 0.237 e. The molecule has 21 heavy (non-hydrogen) atoms. The standard InChI is InChI=1S/C15H21N3O2S/c1-2-6-18(10-13-4-3-8-21-13)14(19)11-17-7-5-12(9-17)15(16)20/h2-4,8,12H,1,5-7,9-11H2,(H2,16,20)/t12-/m0/s1. The fourth-order valence-electron chi connectivity index (χ4n) is 2.50. The number of nitrogens with zero attached hydrogens (tertiary/aromatic N) is 2. The van der Waals surface area contributed by atoms with Crippen LogP contribution >= 0.6 is 11.3 Å². The number of carbonyl (C=O) groups excluding carboxylic acids is 2. The third-order valence-electron chi connectivity index (χ3n) is 3.66. The molecule has 114 valence electrons. The fraction of sp³-hybridized carbons (Fsp3) is 0.467. The fourth-order valence-corrected chi connectivity index (χ4v) is 3.22. The number of primary amides is 1. The Hall–Kier alpha value is -1.66. The molecule has 1 atom stereocenters. The summed E-state index contributed by atoms with van der Waals surface area (Å²) in [5.41, 5.74) is 5.32. The first-order valence-corrected chi connectivity index (χ1v) is 7.91. The minimum atomic E-state index is -0.272. The number of carbonyl (C=O) groups is 2. The van der Waals surface area contributed by atoms with Crippen molar-refractivity contribution >= 4 is 23.2 Å². The molecular weight excluding hydrogens is 286 g/mol. The van der Waals surface area contributed by atoms with E-state index in [4.69, 9.17) is 5.73 Å². The minimum absolute atomic E-state index is 0.0634. The summed E-state index contributed by atoms with van der Waals surface area (Å²) in [7, 11) is 0. The molecule has 0 aliphatic carbocycles. The summed E-state index contributed by atoms with van der Waals surface area (Å²) in [4.78, 5) is 28.5. The van der Waals surface area contributed by atoms with E-state index in [0.717, 1.165) is 17.8 Å². The van der Waals surface area contributed by atoms with Gasteiger partial charge in [0.1, 0.15) is 0 Å². The van der Waals surface area contributed by atoms with Crippen LogP contribution < -0.4 is 5.73 Å². The number of likely N-dealkylation sites (tertiary alicyclic amines) is 1. The first-order valence-electron chi connectivity index (χ1n) is 7.03. The van der Waals surface area contributed by atoms with E-state index in [0.29, 0.717) is 26.2 Å². The van der Waals surface area contributed by atoms with Gasteiger partial charge in [0.25, 0.3) is 0 Å². The normalized spacial score (nSPS) is 18.6. The molecule has 1 aliphatic heterocycles. The lowest BCUT2D eigenvalue weighted by molar-refractivity contribution is -0.132. The summed E-state index contributed by atoms with van der Waals surface area (Å²) in [6.45, 7) is 6.52. The SMILES string of the molecule is C=CCN(Cc1cccs1)C(=O)CN1CC[C@H](C(N)=O)C1. The molecule has 1 aliphatic rings. The van der Waals surface area contributed by atoms with Gasteiger partial charge in [-0.05, 0) is 24.4 Å². The Labute approximate surface area is 129 Å². The van der Waals surface area contributed by atoms with Crippen molar-refractivity contribution in [3.8, 4) is 0 Å². The molecule has 0 radical (unpaired) electrons. The predicted octanol–water partition coefficient (Wildman–Crippen LogP) is 1.07. The van der Waals surface area contributed by atoms with Crippen molar-refractivity contribution in [2.75, 3.05) is 26.2 Å². The maximum atomic E-state index is 12.4. The lowest BCUT2D eigenvalue weighted by atomic mass is 10.1. The van der Waals surface area contributed by atoms with Crippen LogP contribution in [0.15, 0.2) is 30.2 Å². The number of amides is 2. The van der Waals surface area contributed by atoms with E-state index in [1.807, 2.05) is 22.4 Å². The Morgan fingerprint density at radius 2 is 2.38 bits per heavy atom. The molecule has 0 saturated carbocycles. The molecule has 2 N–H and O–H groups in total. The van der Waals surface area contributed by atoms with E-state index in [9.17, 15) is 9.59 Å². The molecule has 0 bridgehead atoms. The molecule has 1 saturated heterocycles. The molecule has 2 amide bonds. The van der Waals surface area contributed by atoms with E-state index in [1.54, 1.807) is 22.3 Å². The summed E-state index contributed by atoms with van der Waals surface area (Å²) in [5.74, 6) is -0.331. The molecule has 2 heterocycles. The highest BCUT2D eigenvalue weighted by atomic mass is 32.1. The zero-order valence-corrected chi connectivity index (χ0v) is 12.8. The molecule has 0 aromatic carbocycles. The van der Waals surface area contributed by atoms with Crippen LogP contribution in [0.4, 0.5) is 0 Å². The summed E-state index contributed by atoms with van der Waals surface area (Å²) in [6.07, 6.45) is 2.48. The van der Waals surface area contributed by atoms with Crippen molar-refractivity contribution in [3.63, 3.8) is 0 Å². The molecular formula is C15H21N3O2S. The zero-order valence-electron chi connectivity index (χ0n) is 12.0. The largest absolute Gasteiger partial charge is 0.369 e. The summed E-state index contributed by atoms with van der Waals surface area (Å²) in [6, 6.07) is 4.00. The zero-order chi connectivity index (χ0) is 15.2. The minimum Gasteiger partial charge on any atom is -0.369 e. The van der Waals surface area contributed by atoms with Gasteiger partial charge in [-0.2, -0.15) is 0 Å². The van der Waals surface area contributed by atoms with Gasteiger partial charge in [-0.1, -0.05) is 12.1 Å². The van der Waals surface area contributed by atoms with Gasteiger partial charge in [-0.3, -0.25) is 14.5 Å². The lowest BCUT2D eigenvalue weighted by Gasteiger charge is -2.24. The third-order valence-corrected chi connectivity index (χ3v) is 4.52. The molecule has 1 aromatic rings. The van der Waals surface area contributed by atoms with Crippen molar-refractivity contribution in [3.05, 3.63) is 35.0 Å². The quantitative estimate of drug-likeness (QED) is 0.766. The third kappa shape index (κ3) is 4.41. The van der Waals surface area contributed by atoms with E-state index >= 15 is 0 Å². The summed E-state index contributed by atoms with van der Waals surface area (Å²) in [5, 5.41) is 2.00. The van der Waals surface area contributed by atoms with Crippen LogP contribution in [0, 0.1) is 5.92 Å². The van der Waals surface area contributed by atoms with Crippen molar-refractivity contribution in [1.29, 1.82) is 0 Å². The number of hydrogen-bond donors (Lipinski definition) is 1. The molecule has 5 nitrogen and oxygen atoms in total. The van der Waals surface area contributed by atoms with Gasteiger partial charge in [0, 0.05) is 18.0 Å². The number of rotatable bonds is 7. The Morgan fingerprint density at radius 1 is 1.57 bits per heavy atom. The number of thiophene rings is 1. The number of nitrogens with two attached hydrogens (primary N) is 1. The predicted molar refractivity (Wildman–Crippen MR) is 83.7 cm³/mol. The van der Waals surface area contributed by atoms with Gasteiger partial charge in [0.05, 0.1) is 19.0 Å². The molecule has 2 rings (SSSR count). The Kier molecular flexibility index (Phi) is 5.52. The van der Waals surface area contributed by atoms with E-state index in [2.05, 4.69) is 6.58 Å². The summed E-state index contributed by atoms with van der Waals surface area (Å²) >= 11 is 1.64. The highest BCUT2D eigenvalue weighted by Gasteiger charge is 2.28. The van der Waals surface area contributed by atoms with Gasteiger partial charge in [0.2, 0.25) is 11.8 Å². The second-order valence-corrected chi connectivity index (χ2v) is 6.30. The maximum absolute atomic E-state index is 12.4. The van der Waals surface area contributed by atoms with E-state index in [1.165, 1.54) is 0 Å². The molecule has 1 fully saturated rings. The van der Waals surface area contributed by atoms with E-state index in [-0.39, 0.29) is 17.7 Å². The molecule has 0 spiro atoms. The second kappa shape index (κ2) is 7.38. The topological polar surface area (TPSA) is 66.6 Å². The van der Waals surface area contributed by atoms with Crippen LogP contribution in [-0.4, -0.2) is 47.8 Å². The van der Waals surface area contributed by atoms with Crippen LogP contribution in [0.1, 0.15) is 11.3 Å². The lowest BCUT2D eigenvalue weighted by Crippen LogP contribution is -2.39. The van der Waals surface area contributed by atoms with Crippen molar-refractivity contribution in [2.45, 2.75) is 13.0 Å². The molecule has 6 heteroatoms. The smallest absolute Gasteiger partial charge is 0.237 e. The van der Waals surface area contributed by atoms with Crippen LogP contribution in [0.3, 0.4) is 0 Å². The van der Waals surface area contributed by atoms with Gasteiger partial charge in [0.15, 0.2) is 0 Å². The molecule has 0 unspecified atom stereocenters. The van der Waals surface area contributed by atoms with E-state index < -0.39 is 0 Å². The summed E-state index contributed by atoms with van der Waals surface area (Å²) < 4.78 is 0. The van der Waals surface area contributed by atoms with Crippen LogP contribution in [0.5, 0.6) is 0 Å². The first-order chi connectivity index (χ1) is 10.1. The van der Waals surface area contributed by atoms with Crippen LogP contribution in [0.2, 0.25) is 0 Å². The van der Waals surface area contributed by atoms with Crippen molar-refractivity contribution < 1.29 is 9.59 Å². The Balaban J connectivity index is 1.90. The number of hydrogen-bond acceptors (Lipinski definition) is 4. The van der Waals surface area contributed by atoms with Gasteiger partial charge >= 0.3 is 0 Å². The monoisotopic (exact) mass is 307 g/mol.